The van der Waals surface area contributed by atoms with Gasteiger partial charge in [0.1, 0.15) is 6.17 Å². The number of amides is 1. The van der Waals surface area contributed by atoms with Crippen molar-refractivity contribution in [3.05, 3.63) is 28.2 Å². The Balaban J connectivity index is 1.71. The number of pyridine rings is 1. The Morgan fingerprint density at radius 2 is 2.13 bits per heavy atom. The Labute approximate surface area is 129 Å². The minimum absolute atomic E-state index is 0.0543. The molecular formula is C13H13N3O7. The summed E-state index contributed by atoms with van der Waals surface area (Å²) in [5.41, 5.74) is 2.64. The zero-order valence-electron chi connectivity index (χ0n) is 11.9. The molecule has 1 amide bonds. The van der Waals surface area contributed by atoms with Crippen molar-refractivity contribution < 1.29 is 28.5 Å². The van der Waals surface area contributed by atoms with Crippen molar-refractivity contribution in [2.75, 3.05) is 31.8 Å². The number of carbonyl (C=O) groups excluding carboxylic acids is 2. The van der Waals surface area contributed by atoms with Crippen LogP contribution >= 0.6 is 0 Å². The van der Waals surface area contributed by atoms with Crippen molar-refractivity contribution >= 4 is 12.1 Å². The average molecular weight is 323 g/mol. The molecule has 0 radical (unpaired) electrons. The molecular weight excluding hydrogens is 310 g/mol. The summed E-state index contributed by atoms with van der Waals surface area (Å²) >= 11 is 0. The van der Waals surface area contributed by atoms with Crippen LogP contribution in [0.5, 0.6) is 5.75 Å². The molecule has 0 aromatic carbocycles. The molecule has 1 N–H and O–H groups in total. The van der Waals surface area contributed by atoms with Crippen LogP contribution in [0.3, 0.4) is 0 Å². The van der Waals surface area contributed by atoms with Gasteiger partial charge in [-0.1, -0.05) is 0 Å². The summed E-state index contributed by atoms with van der Waals surface area (Å²) in [6.45, 7) is 1.03. The predicted molar refractivity (Wildman–Crippen MR) is 72.6 cm³/mol. The van der Waals surface area contributed by atoms with Gasteiger partial charge in [-0.15, -0.1) is 0 Å². The van der Waals surface area contributed by atoms with E-state index in [2.05, 4.69) is 10.2 Å². The SMILES string of the molecule is O=C1OCC(Oc2c3n(ccc2=O)NC2COCCN2C3=O)O1. The van der Waals surface area contributed by atoms with Gasteiger partial charge in [0.25, 0.3) is 12.2 Å². The van der Waals surface area contributed by atoms with Crippen molar-refractivity contribution in [1.82, 2.24) is 9.58 Å². The number of nitrogens with zero attached hydrogens (tertiary/aromatic N) is 2. The highest BCUT2D eigenvalue weighted by Crippen LogP contribution is 2.24. The van der Waals surface area contributed by atoms with E-state index in [0.717, 1.165) is 0 Å². The summed E-state index contributed by atoms with van der Waals surface area (Å²) in [4.78, 5) is 37.4. The van der Waals surface area contributed by atoms with E-state index in [1.54, 1.807) is 4.90 Å². The van der Waals surface area contributed by atoms with E-state index in [1.807, 2.05) is 0 Å². The molecule has 2 saturated heterocycles. The Morgan fingerprint density at radius 3 is 2.91 bits per heavy atom. The zero-order chi connectivity index (χ0) is 16.0. The second kappa shape index (κ2) is 5.16. The number of nitrogens with one attached hydrogen (secondary N) is 1. The number of carbonyl (C=O) groups is 2. The minimum atomic E-state index is -1.06. The molecule has 0 aliphatic carbocycles. The molecule has 2 fully saturated rings. The lowest BCUT2D eigenvalue weighted by atomic mass is 10.2. The minimum Gasteiger partial charge on any atom is -0.444 e. The van der Waals surface area contributed by atoms with Gasteiger partial charge >= 0.3 is 6.16 Å². The van der Waals surface area contributed by atoms with Crippen LogP contribution in [0.15, 0.2) is 17.1 Å². The summed E-state index contributed by atoms with van der Waals surface area (Å²) in [5, 5.41) is 0. The first-order chi connectivity index (χ1) is 11.1. The maximum Gasteiger partial charge on any atom is 0.511 e. The van der Waals surface area contributed by atoms with Crippen LogP contribution in [0.2, 0.25) is 0 Å². The van der Waals surface area contributed by atoms with Crippen LogP contribution in [0.4, 0.5) is 4.79 Å². The molecule has 122 valence electrons. The van der Waals surface area contributed by atoms with Gasteiger partial charge in [-0.3, -0.25) is 14.3 Å². The first kappa shape index (κ1) is 13.9. The summed E-state index contributed by atoms with van der Waals surface area (Å²) in [5.74, 6) is -0.534. The number of hydrogen-bond donors (Lipinski definition) is 1. The van der Waals surface area contributed by atoms with Crippen molar-refractivity contribution in [3.8, 4) is 5.75 Å². The van der Waals surface area contributed by atoms with E-state index in [1.165, 1.54) is 16.9 Å². The second-order valence-electron chi connectivity index (χ2n) is 5.17. The smallest absolute Gasteiger partial charge is 0.444 e. The highest BCUT2D eigenvalue weighted by atomic mass is 16.8. The molecule has 3 aliphatic heterocycles. The third kappa shape index (κ3) is 2.27. The number of hydrogen-bond acceptors (Lipinski definition) is 8. The van der Waals surface area contributed by atoms with Crippen LogP contribution < -0.4 is 15.6 Å². The van der Waals surface area contributed by atoms with E-state index in [0.29, 0.717) is 19.8 Å². The Kier molecular flexibility index (Phi) is 3.11. The van der Waals surface area contributed by atoms with Gasteiger partial charge in [0, 0.05) is 18.8 Å². The molecule has 4 heterocycles. The van der Waals surface area contributed by atoms with Gasteiger partial charge in [-0.05, 0) is 0 Å². The van der Waals surface area contributed by atoms with Crippen LogP contribution in [0.1, 0.15) is 10.5 Å². The number of aromatic nitrogens is 1. The molecule has 0 saturated carbocycles. The molecule has 4 rings (SSSR count). The fourth-order valence-electron chi connectivity index (χ4n) is 2.69. The Bertz CT molecular complexity index is 731. The van der Waals surface area contributed by atoms with E-state index >= 15 is 0 Å². The predicted octanol–water partition coefficient (Wildman–Crippen LogP) is -0.924. The van der Waals surface area contributed by atoms with Crippen LogP contribution in [-0.4, -0.2) is 60.5 Å². The first-order valence-corrected chi connectivity index (χ1v) is 7.04. The number of rotatable bonds is 2. The topological polar surface area (TPSA) is 108 Å². The van der Waals surface area contributed by atoms with Gasteiger partial charge in [-0.25, -0.2) is 4.79 Å². The molecule has 23 heavy (non-hydrogen) atoms. The van der Waals surface area contributed by atoms with Crippen molar-refractivity contribution in [2.45, 2.75) is 12.5 Å². The molecule has 10 heteroatoms. The first-order valence-electron chi connectivity index (χ1n) is 7.04. The molecule has 1 aromatic rings. The van der Waals surface area contributed by atoms with E-state index in [4.69, 9.17) is 14.2 Å². The maximum atomic E-state index is 12.7. The highest BCUT2D eigenvalue weighted by molar-refractivity contribution is 5.96. The summed E-state index contributed by atoms with van der Waals surface area (Å²) in [6.07, 6.45) is -0.798. The molecule has 1 aromatic heterocycles. The largest absolute Gasteiger partial charge is 0.511 e. The van der Waals surface area contributed by atoms with Gasteiger partial charge in [0.15, 0.2) is 12.3 Å². The lowest BCUT2D eigenvalue weighted by Crippen LogP contribution is -2.59. The molecule has 0 bridgehead atoms. The van der Waals surface area contributed by atoms with Crippen LogP contribution in [0.25, 0.3) is 0 Å². The monoisotopic (exact) mass is 323 g/mol. The molecule has 2 unspecified atom stereocenters. The van der Waals surface area contributed by atoms with Crippen molar-refractivity contribution in [3.63, 3.8) is 0 Å². The summed E-state index contributed by atoms with van der Waals surface area (Å²) < 4.78 is 21.5. The van der Waals surface area contributed by atoms with E-state index in [-0.39, 0.29) is 30.1 Å². The van der Waals surface area contributed by atoms with E-state index < -0.39 is 17.9 Å². The Hall–Kier alpha value is -2.75. The average Bonchev–Trinajstić information content (AvgIpc) is 2.96. The lowest BCUT2D eigenvalue weighted by Gasteiger charge is -2.41. The fourth-order valence-corrected chi connectivity index (χ4v) is 2.69. The summed E-state index contributed by atoms with van der Waals surface area (Å²) in [7, 11) is 0. The standard InChI is InChI=1S/C13H13N3O7/c17-7-1-2-16-10(11(7)22-9-6-21-13(19)23-9)12(18)15-3-4-20-5-8(15)14-16/h1-2,8-9,14H,3-6H2. The lowest BCUT2D eigenvalue weighted by molar-refractivity contribution is -0.00861. The zero-order valence-corrected chi connectivity index (χ0v) is 11.9. The second-order valence-corrected chi connectivity index (χ2v) is 5.17. The van der Waals surface area contributed by atoms with E-state index in [9.17, 15) is 14.4 Å². The number of fused-ring (bicyclic) bond motifs is 2. The molecule has 0 spiro atoms. The molecule has 2 atom stereocenters. The van der Waals surface area contributed by atoms with Gasteiger partial charge < -0.3 is 29.3 Å². The normalized spacial score (nSPS) is 25.8. The molecule has 10 nitrogen and oxygen atoms in total. The van der Waals surface area contributed by atoms with Crippen molar-refractivity contribution in [1.29, 1.82) is 0 Å². The third-order valence-electron chi connectivity index (χ3n) is 3.75. The fraction of sp³-hybridized carbons (Fsp3) is 0.462. The highest BCUT2D eigenvalue weighted by Gasteiger charge is 2.38. The number of cyclic esters (lactones) is 2. The van der Waals surface area contributed by atoms with Gasteiger partial charge in [0.2, 0.25) is 11.2 Å². The molecule has 3 aliphatic rings. The maximum absolute atomic E-state index is 12.7. The van der Waals surface area contributed by atoms with Crippen molar-refractivity contribution in [2.24, 2.45) is 0 Å². The Morgan fingerprint density at radius 1 is 1.26 bits per heavy atom. The van der Waals surface area contributed by atoms with Crippen LogP contribution in [-0.2, 0) is 14.2 Å². The van der Waals surface area contributed by atoms with Gasteiger partial charge in [0.05, 0.1) is 13.2 Å². The quantitative estimate of drug-likeness (QED) is 0.696. The summed E-state index contributed by atoms with van der Waals surface area (Å²) in [6, 6.07) is 1.26. The number of morpholine rings is 1. The number of ether oxygens (including phenoxy) is 4. The van der Waals surface area contributed by atoms with Crippen LogP contribution in [0, 0.1) is 0 Å². The third-order valence-corrected chi connectivity index (χ3v) is 3.75. The van der Waals surface area contributed by atoms with Gasteiger partial charge in [-0.2, -0.15) is 0 Å².